The van der Waals surface area contributed by atoms with Crippen molar-refractivity contribution in [3.05, 3.63) is 35.4 Å². The molecule has 5 nitrogen and oxygen atoms in total. The van der Waals surface area contributed by atoms with E-state index < -0.39 is 0 Å². The van der Waals surface area contributed by atoms with E-state index in [0.717, 1.165) is 18.4 Å². The molecule has 132 valence electrons. The van der Waals surface area contributed by atoms with Crippen LogP contribution in [0.1, 0.15) is 44.2 Å². The van der Waals surface area contributed by atoms with Crippen LogP contribution in [0.5, 0.6) is 0 Å². The lowest BCUT2D eigenvalue weighted by Crippen LogP contribution is -2.48. The maximum absolute atomic E-state index is 12.0. The molecular formula is C19H29N3O2. The zero-order chi connectivity index (χ0) is 17.5. The first-order valence-electron chi connectivity index (χ1n) is 8.82. The third-order valence-corrected chi connectivity index (χ3v) is 5.04. The smallest absolute Gasteiger partial charge is 0.315 e. The third kappa shape index (κ3) is 5.55. The van der Waals surface area contributed by atoms with Crippen molar-refractivity contribution >= 4 is 11.9 Å². The molecule has 0 aromatic heterocycles. The first-order chi connectivity index (χ1) is 11.5. The Hall–Kier alpha value is -2.04. The van der Waals surface area contributed by atoms with Gasteiger partial charge in [0.25, 0.3) is 0 Å². The maximum atomic E-state index is 12.0. The first kappa shape index (κ1) is 18.3. The van der Waals surface area contributed by atoms with E-state index in [1.807, 2.05) is 31.2 Å². The highest BCUT2D eigenvalue weighted by Gasteiger charge is 2.27. The summed E-state index contributed by atoms with van der Waals surface area (Å²) in [5.74, 6) is 0.999. The number of benzene rings is 1. The van der Waals surface area contributed by atoms with Gasteiger partial charge in [-0.2, -0.15) is 0 Å². The van der Waals surface area contributed by atoms with Crippen molar-refractivity contribution in [1.82, 2.24) is 16.0 Å². The average Bonchev–Trinajstić information content (AvgIpc) is 2.56. The maximum Gasteiger partial charge on any atom is 0.315 e. The summed E-state index contributed by atoms with van der Waals surface area (Å²) >= 11 is 0. The second-order valence-corrected chi connectivity index (χ2v) is 6.96. The van der Waals surface area contributed by atoms with Gasteiger partial charge in [0, 0.05) is 12.6 Å². The number of carbonyl (C=O) groups excluding carboxylic acids is 2. The van der Waals surface area contributed by atoms with Gasteiger partial charge in [-0.1, -0.05) is 56.5 Å². The van der Waals surface area contributed by atoms with Crippen molar-refractivity contribution in [2.24, 2.45) is 11.8 Å². The largest absolute Gasteiger partial charge is 0.352 e. The monoisotopic (exact) mass is 331 g/mol. The molecule has 24 heavy (non-hydrogen) atoms. The summed E-state index contributed by atoms with van der Waals surface area (Å²) < 4.78 is 0. The molecular weight excluding hydrogens is 302 g/mol. The molecule has 0 bridgehead atoms. The molecule has 1 saturated carbocycles. The molecule has 1 aromatic carbocycles. The van der Waals surface area contributed by atoms with Crippen molar-refractivity contribution in [3.8, 4) is 0 Å². The van der Waals surface area contributed by atoms with Crippen LogP contribution in [0.3, 0.4) is 0 Å². The highest BCUT2D eigenvalue weighted by molar-refractivity contribution is 5.84. The Morgan fingerprint density at radius 3 is 2.50 bits per heavy atom. The molecule has 2 rings (SSSR count). The summed E-state index contributed by atoms with van der Waals surface area (Å²) in [6.07, 6.45) is 3.41. The number of carbonyl (C=O) groups is 2. The molecule has 1 aromatic rings. The minimum Gasteiger partial charge on any atom is -0.352 e. The SMILES string of the molecule is Cc1ccc(CNC(=O)NCC(=O)N[C@@H]2CCC[C@H](C)[C@@H]2C)cc1. The first-order valence-corrected chi connectivity index (χ1v) is 8.82. The van der Waals surface area contributed by atoms with Gasteiger partial charge in [-0.25, -0.2) is 4.79 Å². The van der Waals surface area contributed by atoms with Crippen LogP contribution >= 0.6 is 0 Å². The van der Waals surface area contributed by atoms with Gasteiger partial charge in [0.05, 0.1) is 6.54 Å². The van der Waals surface area contributed by atoms with Crippen LogP contribution in [-0.4, -0.2) is 24.5 Å². The van der Waals surface area contributed by atoms with Gasteiger partial charge in [0.2, 0.25) is 5.91 Å². The van der Waals surface area contributed by atoms with E-state index in [4.69, 9.17) is 0 Å². The van der Waals surface area contributed by atoms with Crippen LogP contribution < -0.4 is 16.0 Å². The fourth-order valence-electron chi connectivity index (χ4n) is 3.15. The highest BCUT2D eigenvalue weighted by Crippen LogP contribution is 2.29. The minimum atomic E-state index is -0.323. The number of nitrogens with one attached hydrogen (secondary N) is 3. The summed E-state index contributed by atoms with van der Waals surface area (Å²) in [6.45, 7) is 6.91. The molecule has 3 N–H and O–H groups in total. The lowest BCUT2D eigenvalue weighted by atomic mass is 9.78. The molecule has 3 atom stereocenters. The topological polar surface area (TPSA) is 70.2 Å². The minimum absolute atomic E-state index is 0.0112. The van der Waals surface area contributed by atoms with Crippen molar-refractivity contribution < 1.29 is 9.59 Å². The van der Waals surface area contributed by atoms with Gasteiger partial charge >= 0.3 is 6.03 Å². The van der Waals surface area contributed by atoms with E-state index in [-0.39, 0.29) is 24.5 Å². The van der Waals surface area contributed by atoms with Crippen molar-refractivity contribution in [1.29, 1.82) is 0 Å². The molecule has 1 aliphatic carbocycles. The lowest BCUT2D eigenvalue weighted by molar-refractivity contribution is -0.121. The second-order valence-electron chi connectivity index (χ2n) is 6.96. The van der Waals surface area contributed by atoms with Crippen LogP contribution in [0.4, 0.5) is 4.79 Å². The highest BCUT2D eigenvalue weighted by atomic mass is 16.2. The Morgan fingerprint density at radius 2 is 1.79 bits per heavy atom. The number of aryl methyl sites for hydroxylation is 1. The Bertz CT molecular complexity index is 556. The Labute approximate surface area is 144 Å². The molecule has 0 saturated heterocycles. The van der Waals surface area contributed by atoms with E-state index in [1.54, 1.807) is 0 Å². The number of amides is 3. The predicted molar refractivity (Wildman–Crippen MR) is 95.5 cm³/mol. The normalized spacial score (nSPS) is 23.4. The molecule has 0 radical (unpaired) electrons. The van der Waals surface area contributed by atoms with Gasteiger partial charge in [0.1, 0.15) is 0 Å². The quantitative estimate of drug-likeness (QED) is 0.776. The van der Waals surface area contributed by atoms with E-state index in [9.17, 15) is 9.59 Å². The second kappa shape index (κ2) is 8.71. The van der Waals surface area contributed by atoms with Gasteiger partial charge in [-0.05, 0) is 30.7 Å². The van der Waals surface area contributed by atoms with Crippen LogP contribution in [-0.2, 0) is 11.3 Å². The van der Waals surface area contributed by atoms with Crippen molar-refractivity contribution in [2.75, 3.05) is 6.54 Å². The molecule has 1 aliphatic rings. The summed E-state index contributed by atoms with van der Waals surface area (Å²) in [5, 5.41) is 8.43. The van der Waals surface area contributed by atoms with Crippen LogP contribution in [0, 0.1) is 18.8 Å². The lowest BCUT2D eigenvalue weighted by Gasteiger charge is -2.34. The van der Waals surface area contributed by atoms with E-state index >= 15 is 0 Å². The molecule has 5 heteroatoms. The third-order valence-electron chi connectivity index (χ3n) is 5.04. The molecule has 1 fully saturated rings. The fraction of sp³-hybridized carbons (Fsp3) is 0.579. The number of urea groups is 1. The van der Waals surface area contributed by atoms with Gasteiger partial charge in [-0.3, -0.25) is 4.79 Å². The molecule has 0 aliphatic heterocycles. The van der Waals surface area contributed by atoms with Gasteiger partial charge in [-0.15, -0.1) is 0 Å². The van der Waals surface area contributed by atoms with E-state index in [1.165, 1.54) is 12.0 Å². The summed E-state index contributed by atoms with van der Waals surface area (Å²) in [6, 6.07) is 7.88. The molecule has 0 unspecified atom stereocenters. The number of hydrogen-bond acceptors (Lipinski definition) is 2. The summed E-state index contributed by atoms with van der Waals surface area (Å²) in [4.78, 5) is 23.8. The van der Waals surface area contributed by atoms with Crippen LogP contribution in [0.15, 0.2) is 24.3 Å². The zero-order valence-electron chi connectivity index (χ0n) is 14.9. The van der Waals surface area contributed by atoms with Crippen LogP contribution in [0.2, 0.25) is 0 Å². The van der Waals surface area contributed by atoms with E-state index in [2.05, 4.69) is 29.8 Å². The standard InChI is InChI=1S/C19H29N3O2/c1-13-7-9-16(10-8-13)11-20-19(24)21-12-18(23)22-17-6-4-5-14(2)15(17)3/h7-10,14-15,17H,4-6,11-12H2,1-3H3,(H,22,23)(H2,20,21,24)/t14-,15-,17+/m0/s1. The van der Waals surface area contributed by atoms with Gasteiger partial charge < -0.3 is 16.0 Å². The predicted octanol–water partition coefficient (Wildman–Crippen LogP) is 2.74. The van der Waals surface area contributed by atoms with Crippen LogP contribution in [0.25, 0.3) is 0 Å². The van der Waals surface area contributed by atoms with E-state index in [0.29, 0.717) is 18.4 Å². The number of hydrogen-bond donors (Lipinski definition) is 3. The molecule has 0 spiro atoms. The summed E-state index contributed by atoms with van der Waals surface area (Å²) in [5.41, 5.74) is 2.22. The number of rotatable bonds is 5. The molecule has 3 amide bonds. The Balaban J connectivity index is 1.67. The van der Waals surface area contributed by atoms with Crippen molar-refractivity contribution in [2.45, 2.75) is 52.6 Å². The Morgan fingerprint density at radius 1 is 1.08 bits per heavy atom. The van der Waals surface area contributed by atoms with Gasteiger partial charge in [0.15, 0.2) is 0 Å². The summed E-state index contributed by atoms with van der Waals surface area (Å²) in [7, 11) is 0. The molecule has 0 heterocycles. The fourth-order valence-corrected chi connectivity index (χ4v) is 3.15. The average molecular weight is 331 g/mol. The van der Waals surface area contributed by atoms with Crippen molar-refractivity contribution in [3.63, 3.8) is 0 Å². The Kier molecular flexibility index (Phi) is 6.64. The zero-order valence-corrected chi connectivity index (χ0v) is 14.9.